The first-order valence-electron chi connectivity index (χ1n) is 0.730. The van der Waals surface area contributed by atoms with Crippen molar-refractivity contribution >= 4 is 7.82 Å². The molecule has 0 bridgehead atoms. The Morgan fingerprint density at radius 3 is 1.14 bits per heavy atom. The molecule has 7 heteroatoms. The molecule has 0 unspecified atom stereocenters. The van der Waals surface area contributed by atoms with E-state index in [-0.39, 0.29) is 35.6 Å². The average molecular weight is 202 g/mol. The predicted molar refractivity (Wildman–Crippen MR) is 7.61 cm³/mol. The summed E-state index contributed by atoms with van der Waals surface area (Å²) in [6, 6.07) is 0. The van der Waals surface area contributed by atoms with Crippen LogP contribution in [0.4, 0.5) is 0 Å². The van der Waals surface area contributed by atoms with Gasteiger partial charge in [-0.2, -0.15) is 7.82 Å². The van der Waals surface area contributed by atoms with Crippen molar-refractivity contribution in [3.8, 4) is 0 Å². The van der Waals surface area contributed by atoms with Crippen LogP contribution in [0.1, 0.15) is 0 Å². The molecule has 0 saturated carbocycles. The largest absolute Gasteiger partial charge is 0.822 e. The van der Waals surface area contributed by atoms with Gasteiger partial charge < -0.3 is 19.2 Å². The van der Waals surface area contributed by atoms with Crippen LogP contribution in [0.3, 0.4) is 0 Å². The van der Waals surface area contributed by atoms with Crippen molar-refractivity contribution in [3.05, 3.63) is 0 Å². The quantitative estimate of drug-likeness (QED) is 0.312. The predicted octanol–water partition coefficient (Wildman–Crippen LogP) is -2.83. The molecular weight excluding hydrogens is 202 g/mol. The van der Waals surface area contributed by atoms with E-state index in [0.717, 1.165) is 0 Å². The van der Waals surface area contributed by atoms with Gasteiger partial charge >= 0.3 is 0 Å². The number of hydrogen-bond donors (Lipinski definition) is 0. The Labute approximate surface area is 62.9 Å². The Morgan fingerprint density at radius 2 is 1.14 bits per heavy atom. The molecule has 0 heterocycles. The molecule has 0 rings (SSSR count). The summed E-state index contributed by atoms with van der Waals surface area (Å²) in [5.74, 6) is 0. The molecule has 0 aliphatic heterocycles. The molecule has 0 atom stereocenters. The summed E-state index contributed by atoms with van der Waals surface area (Å²) in [5.41, 5.74) is 0. The Morgan fingerprint density at radius 1 is 1.14 bits per heavy atom. The maximum Gasteiger partial charge on any atom is 0 e. The van der Waals surface area contributed by atoms with Gasteiger partial charge in [0.05, 0.1) is 0 Å². The van der Waals surface area contributed by atoms with Crippen LogP contribution in [0, 0.1) is 0 Å². The number of phosphoric acid groups is 1. The number of hydrogen-bond acceptors (Lipinski definition) is 4. The minimum absolute atomic E-state index is 0. The molecule has 0 aromatic heterocycles. The van der Waals surface area contributed by atoms with Gasteiger partial charge in [-0.1, -0.05) is 0 Å². The van der Waals surface area contributed by atoms with E-state index < -0.39 is 7.82 Å². The molecule has 0 aromatic rings. The van der Waals surface area contributed by atoms with E-state index in [1.807, 2.05) is 0 Å². The Kier molecular flexibility index (Phi) is 12.0. The first kappa shape index (κ1) is 15.7. The van der Waals surface area contributed by atoms with Crippen molar-refractivity contribution in [3.63, 3.8) is 0 Å². The molecule has 0 spiro atoms. The molecule has 0 aliphatic carbocycles. The molecule has 45 valence electrons. The van der Waals surface area contributed by atoms with Crippen LogP contribution in [0.5, 0.6) is 0 Å². The molecule has 7 heavy (non-hydrogen) atoms. The van der Waals surface area contributed by atoms with Crippen molar-refractivity contribution < 1.29 is 54.9 Å². The van der Waals surface area contributed by atoms with Gasteiger partial charge in [0, 0.05) is 35.6 Å². The Bertz CT molecular complexity index is 57.8. The normalized spacial score (nSPS) is 8.43. The van der Waals surface area contributed by atoms with Gasteiger partial charge in [-0.25, -0.2) is 0 Å². The summed E-state index contributed by atoms with van der Waals surface area (Å²) in [7, 11) is -5.39. The molecular formula is FeO4PV-3. The Hall–Kier alpha value is 1.21. The molecule has 4 nitrogen and oxygen atoms in total. The summed E-state index contributed by atoms with van der Waals surface area (Å²) in [5, 5.41) is 0. The van der Waals surface area contributed by atoms with Crippen molar-refractivity contribution in [2.45, 2.75) is 0 Å². The van der Waals surface area contributed by atoms with E-state index in [2.05, 4.69) is 0 Å². The molecule has 1 radical (unpaired) electrons. The third kappa shape index (κ3) is 133. The maximum absolute atomic E-state index is 8.55. The van der Waals surface area contributed by atoms with Crippen LogP contribution >= 0.6 is 7.82 Å². The zero-order valence-electron chi connectivity index (χ0n) is 2.88. The van der Waals surface area contributed by atoms with Gasteiger partial charge in [0.15, 0.2) is 0 Å². The third-order valence-corrected chi connectivity index (χ3v) is 0. The topological polar surface area (TPSA) is 86.2 Å². The average Bonchev–Trinajstić information content (AvgIpc) is 0.722. The second kappa shape index (κ2) is 5.35. The Balaban J connectivity index is -0.0000000800. The van der Waals surface area contributed by atoms with Gasteiger partial charge in [-0.3, -0.25) is 0 Å². The fourth-order valence-corrected chi connectivity index (χ4v) is 0. The molecule has 0 aliphatic rings. The van der Waals surface area contributed by atoms with E-state index in [1.54, 1.807) is 0 Å². The van der Waals surface area contributed by atoms with Crippen LogP contribution in [0.2, 0.25) is 0 Å². The second-order valence-electron chi connectivity index (χ2n) is 0.447. The zero-order valence-corrected chi connectivity index (χ0v) is 6.28. The smallest absolute Gasteiger partial charge is 0 e. The van der Waals surface area contributed by atoms with Crippen molar-refractivity contribution in [1.82, 2.24) is 0 Å². The molecule has 0 fully saturated rings. The zero-order chi connectivity index (χ0) is 4.50. The van der Waals surface area contributed by atoms with Gasteiger partial charge in [0.2, 0.25) is 0 Å². The van der Waals surface area contributed by atoms with Crippen molar-refractivity contribution in [1.29, 1.82) is 0 Å². The summed E-state index contributed by atoms with van der Waals surface area (Å²) in [6.07, 6.45) is 0. The molecule has 0 aromatic carbocycles. The van der Waals surface area contributed by atoms with Crippen molar-refractivity contribution in [2.24, 2.45) is 0 Å². The molecule has 0 saturated heterocycles. The standard InChI is InChI=1S/Fe.H3O4P.V/c;1-5(2,3)4;/h;(H3,1,2,3,4);/p-3. The summed E-state index contributed by atoms with van der Waals surface area (Å²) in [4.78, 5) is 25.6. The second-order valence-corrected chi connectivity index (χ2v) is 1.34. The van der Waals surface area contributed by atoms with E-state index in [1.165, 1.54) is 0 Å². The molecule has 0 amide bonds. The van der Waals surface area contributed by atoms with Gasteiger partial charge in [-0.05, 0) is 0 Å². The van der Waals surface area contributed by atoms with Gasteiger partial charge in [0.1, 0.15) is 0 Å². The fourth-order valence-electron chi connectivity index (χ4n) is 0. The first-order chi connectivity index (χ1) is 2.00. The van der Waals surface area contributed by atoms with Crippen LogP contribution in [-0.2, 0) is 40.2 Å². The van der Waals surface area contributed by atoms with E-state index >= 15 is 0 Å². The SMILES string of the molecule is O=P([O-])([O-])[O-].[Fe].[V]. The van der Waals surface area contributed by atoms with Gasteiger partial charge in [0.25, 0.3) is 0 Å². The van der Waals surface area contributed by atoms with E-state index in [9.17, 15) is 0 Å². The van der Waals surface area contributed by atoms with E-state index in [4.69, 9.17) is 19.2 Å². The van der Waals surface area contributed by atoms with Crippen LogP contribution in [0.15, 0.2) is 0 Å². The minimum atomic E-state index is -5.39. The minimum Gasteiger partial charge on any atom is -0.822 e. The summed E-state index contributed by atoms with van der Waals surface area (Å²) >= 11 is 0. The first-order valence-corrected chi connectivity index (χ1v) is 2.19. The third-order valence-electron chi connectivity index (χ3n) is 0. The van der Waals surface area contributed by atoms with Crippen LogP contribution in [-0.4, -0.2) is 0 Å². The number of rotatable bonds is 0. The van der Waals surface area contributed by atoms with Crippen molar-refractivity contribution in [2.75, 3.05) is 0 Å². The summed E-state index contributed by atoms with van der Waals surface area (Å²) < 4.78 is 8.55. The fraction of sp³-hybridized carbons (Fsp3) is 0. The van der Waals surface area contributed by atoms with E-state index in [0.29, 0.717) is 0 Å². The monoisotopic (exact) mass is 202 g/mol. The molecule has 0 N–H and O–H groups in total. The van der Waals surface area contributed by atoms with Crippen LogP contribution in [0.25, 0.3) is 0 Å². The van der Waals surface area contributed by atoms with Crippen LogP contribution < -0.4 is 14.7 Å². The maximum atomic E-state index is 8.55. The van der Waals surface area contributed by atoms with Gasteiger partial charge in [-0.15, -0.1) is 0 Å². The summed E-state index contributed by atoms with van der Waals surface area (Å²) in [6.45, 7) is 0.